The maximum atomic E-state index is 12.7. The molecule has 2 aromatic heterocycles. The largest absolute Gasteiger partial charge is 0.466 e. The van der Waals surface area contributed by atoms with E-state index in [1.807, 2.05) is 47.5 Å². The summed E-state index contributed by atoms with van der Waals surface area (Å²) in [5.41, 5.74) is 0.764. The van der Waals surface area contributed by atoms with Crippen molar-refractivity contribution in [2.45, 2.75) is 37.1 Å². The molecule has 0 bridgehead atoms. The minimum atomic E-state index is -0.258. The lowest BCUT2D eigenvalue weighted by molar-refractivity contribution is -0.151. The van der Waals surface area contributed by atoms with Crippen molar-refractivity contribution in [3.8, 4) is 0 Å². The summed E-state index contributed by atoms with van der Waals surface area (Å²) in [4.78, 5) is 26.3. The Morgan fingerprint density at radius 1 is 1.32 bits per heavy atom. The molecule has 8 heteroatoms. The molecule has 3 rings (SSSR count). The average molecular weight is 362 g/mol. The van der Waals surface area contributed by atoms with Crippen LogP contribution in [0.2, 0.25) is 0 Å². The molecule has 0 spiro atoms. The summed E-state index contributed by atoms with van der Waals surface area (Å²) in [5, 5.41) is 8.72. The number of carbonyl (C=O) groups excluding carboxylic acids is 2. The summed E-state index contributed by atoms with van der Waals surface area (Å²) in [6, 6.07) is 5.69. The minimum absolute atomic E-state index is 0.0694. The average Bonchev–Trinajstić information content (AvgIpc) is 3.04. The quantitative estimate of drug-likeness (QED) is 0.598. The summed E-state index contributed by atoms with van der Waals surface area (Å²) in [6.45, 7) is 5.28. The van der Waals surface area contributed by atoms with Gasteiger partial charge >= 0.3 is 5.97 Å². The van der Waals surface area contributed by atoms with Crippen LogP contribution < -0.4 is 0 Å². The smallest absolute Gasteiger partial charge is 0.309 e. The molecule has 1 atom stereocenters. The van der Waals surface area contributed by atoms with E-state index in [1.165, 1.54) is 11.8 Å². The third-order valence-electron chi connectivity index (χ3n) is 4.34. The number of fused-ring (bicyclic) bond motifs is 1. The van der Waals surface area contributed by atoms with Crippen LogP contribution in [0, 0.1) is 5.92 Å². The fourth-order valence-electron chi connectivity index (χ4n) is 2.96. The molecule has 0 unspecified atom stereocenters. The van der Waals surface area contributed by atoms with Crippen LogP contribution in [0.15, 0.2) is 29.6 Å². The van der Waals surface area contributed by atoms with Crippen molar-refractivity contribution >= 4 is 29.3 Å². The maximum absolute atomic E-state index is 12.7. The van der Waals surface area contributed by atoms with Crippen molar-refractivity contribution in [2.75, 3.05) is 19.7 Å². The van der Waals surface area contributed by atoms with E-state index in [1.54, 1.807) is 0 Å². The molecular weight excluding hydrogens is 340 g/mol. The summed E-state index contributed by atoms with van der Waals surface area (Å²) in [7, 11) is 0. The molecule has 1 amide bonds. The first-order valence-electron chi connectivity index (χ1n) is 8.52. The number of carbonyl (C=O) groups is 2. The number of esters is 1. The van der Waals surface area contributed by atoms with E-state index in [9.17, 15) is 9.59 Å². The molecule has 1 fully saturated rings. The van der Waals surface area contributed by atoms with Crippen LogP contribution in [0.1, 0.15) is 26.7 Å². The van der Waals surface area contributed by atoms with Gasteiger partial charge in [0.2, 0.25) is 5.91 Å². The predicted molar refractivity (Wildman–Crippen MR) is 94.2 cm³/mol. The molecule has 2 aromatic rings. The van der Waals surface area contributed by atoms with Gasteiger partial charge in [0, 0.05) is 19.3 Å². The number of pyridine rings is 1. The van der Waals surface area contributed by atoms with Crippen LogP contribution in [-0.4, -0.2) is 56.3 Å². The fraction of sp³-hybridized carbons (Fsp3) is 0.529. The molecule has 0 N–H and O–H groups in total. The van der Waals surface area contributed by atoms with Gasteiger partial charge in [0.1, 0.15) is 0 Å². The molecule has 134 valence electrons. The molecule has 0 aromatic carbocycles. The van der Waals surface area contributed by atoms with Crippen molar-refractivity contribution in [3.05, 3.63) is 24.4 Å². The highest BCUT2D eigenvalue weighted by molar-refractivity contribution is 8.00. The Hall–Kier alpha value is -2.09. The Labute approximate surface area is 150 Å². The number of aromatic nitrogens is 3. The molecule has 7 nitrogen and oxygen atoms in total. The molecule has 1 aliphatic rings. The molecule has 25 heavy (non-hydrogen) atoms. The summed E-state index contributed by atoms with van der Waals surface area (Å²) >= 11 is 1.40. The number of rotatable bonds is 5. The maximum Gasteiger partial charge on any atom is 0.309 e. The summed E-state index contributed by atoms with van der Waals surface area (Å²) < 4.78 is 6.95. The summed E-state index contributed by atoms with van der Waals surface area (Å²) in [5.74, 6) is -0.167. The first-order chi connectivity index (χ1) is 12.1. The van der Waals surface area contributed by atoms with Crippen molar-refractivity contribution in [1.82, 2.24) is 19.5 Å². The van der Waals surface area contributed by atoms with E-state index in [0.717, 1.165) is 5.65 Å². The molecule has 3 heterocycles. The third kappa shape index (κ3) is 3.95. The first kappa shape index (κ1) is 17.7. The lowest BCUT2D eigenvalue weighted by atomic mass is 9.97. The number of hydrogen-bond acceptors (Lipinski definition) is 6. The van der Waals surface area contributed by atoms with Gasteiger partial charge in [0.05, 0.1) is 17.8 Å². The zero-order valence-corrected chi connectivity index (χ0v) is 15.2. The molecule has 1 saturated heterocycles. The van der Waals surface area contributed by atoms with E-state index in [4.69, 9.17) is 4.74 Å². The van der Waals surface area contributed by atoms with Gasteiger partial charge in [-0.3, -0.25) is 14.0 Å². The molecule has 0 radical (unpaired) electrons. The number of hydrogen-bond donors (Lipinski definition) is 0. The normalized spacial score (nSPS) is 16.8. The van der Waals surface area contributed by atoms with Gasteiger partial charge in [-0.2, -0.15) is 0 Å². The highest BCUT2D eigenvalue weighted by atomic mass is 32.2. The first-order valence-corrected chi connectivity index (χ1v) is 9.40. The number of likely N-dealkylation sites (tertiary alicyclic amines) is 1. The van der Waals surface area contributed by atoms with E-state index < -0.39 is 0 Å². The van der Waals surface area contributed by atoms with Crippen molar-refractivity contribution in [2.24, 2.45) is 5.92 Å². The number of amides is 1. The standard InChI is InChI=1S/C17H22N4O3S/c1-3-24-16(23)13-7-10-20(11-8-13)15(22)12(2)25-17-19-18-14-6-4-5-9-21(14)17/h4-6,9,12-13H,3,7-8,10-11H2,1-2H3/t12-/m1/s1. The second kappa shape index (κ2) is 7.86. The lowest BCUT2D eigenvalue weighted by Crippen LogP contribution is -2.43. The molecular formula is C17H22N4O3S. The second-order valence-corrected chi connectivity index (χ2v) is 7.33. The SMILES string of the molecule is CCOC(=O)C1CCN(C(=O)[C@@H](C)Sc2nnc3ccccn23)CC1. The van der Waals surface area contributed by atoms with Gasteiger partial charge in [0.15, 0.2) is 10.8 Å². The fourth-order valence-corrected chi connectivity index (χ4v) is 3.88. The number of thioether (sulfide) groups is 1. The number of nitrogens with zero attached hydrogens (tertiary/aromatic N) is 4. The predicted octanol–water partition coefficient (Wildman–Crippen LogP) is 2.01. The summed E-state index contributed by atoms with van der Waals surface area (Å²) in [6.07, 6.45) is 3.21. The second-order valence-electron chi connectivity index (χ2n) is 6.02. The Morgan fingerprint density at radius 2 is 2.08 bits per heavy atom. The van der Waals surface area contributed by atoms with Crippen molar-refractivity contribution in [3.63, 3.8) is 0 Å². The van der Waals surface area contributed by atoms with Crippen LogP contribution in [0.25, 0.3) is 5.65 Å². The van der Waals surface area contributed by atoms with Crippen LogP contribution in [0.4, 0.5) is 0 Å². The monoisotopic (exact) mass is 362 g/mol. The van der Waals surface area contributed by atoms with E-state index in [2.05, 4.69) is 10.2 Å². The zero-order valence-electron chi connectivity index (χ0n) is 14.4. The van der Waals surface area contributed by atoms with Gasteiger partial charge in [0.25, 0.3) is 0 Å². The third-order valence-corrected chi connectivity index (χ3v) is 5.38. The minimum Gasteiger partial charge on any atom is -0.466 e. The van der Waals surface area contributed by atoms with Gasteiger partial charge in [-0.05, 0) is 38.8 Å². The van der Waals surface area contributed by atoms with E-state index in [0.29, 0.717) is 37.7 Å². The van der Waals surface area contributed by atoms with Crippen molar-refractivity contribution < 1.29 is 14.3 Å². The molecule has 0 saturated carbocycles. The number of piperidine rings is 1. The Balaban J connectivity index is 1.57. The van der Waals surface area contributed by atoms with Crippen LogP contribution in [0.3, 0.4) is 0 Å². The highest BCUT2D eigenvalue weighted by Gasteiger charge is 2.30. The van der Waals surface area contributed by atoms with Crippen LogP contribution in [-0.2, 0) is 14.3 Å². The Bertz CT molecular complexity index is 755. The number of ether oxygens (including phenoxy) is 1. The van der Waals surface area contributed by atoms with E-state index >= 15 is 0 Å². The van der Waals surface area contributed by atoms with Gasteiger partial charge in [-0.25, -0.2) is 0 Å². The Kier molecular flexibility index (Phi) is 5.57. The zero-order chi connectivity index (χ0) is 17.8. The van der Waals surface area contributed by atoms with Crippen LogP contribution >= 0.6 is 11.8 Å². The lowest BCUT2D eigenvalue weighted by Gasteiger charge is -2.32. The van der Waals surface area contributed by atoms with Gasteiger partial charge in [-0.1, -0.05) is 17.8 Å². The van der Waals surface area contributed by atoms with E-state index in [-0.39, 0.29) is 23.0 Å². The highest BCUT2D eigenvalue weighted by Crippen LogP contribution is 2.26. The molecule has 1 aliphatic heterocycles. The Morgan fingerprint density at radius 3 is 2.80 bits per heavy atom. The molecule has 0 aliphatic carbocycles. The topological polar surface area (TPSA) is 76.8 Å². The van der Waals surface area contributed by atoms with Crippen molar-refractivity contribution in [1.29, 1.82) is 0 Å². The van der Waals surface area contributed by atoms with Gasteiger partial charge < -0.3 is 9.64 Å². The van der Waals surface area contributed by atoms with Gasteiger partial charge in [-0.15, -0.1) is 10.2 Å². The van der Waals surface area contributed by atoms with Crippen LogP contribution in [0.5, 0.6) is 0 Å².